The number of nitrogens with zero attached hydrogens (tertiary/aromatic N) is 1. The van der Waals surface area contributed by atoms with Gasteiger partial charge in [0.1, 0.15) is 11.9 Å². The minimum atomic E-state index is -2.65. The fourth-order valence-corrected chi connectivity index (χ4v) is 1.68. The van der Waals surface area contributed by atoms with Gasteiger partial charge in [0.2, 0.25) is 0 Å². The van der Waals surface area contributed by atoms with Crippen molar-refractivity contribution >= 4 is 5.97 Å². The zero-order valence-corrected chi connectivity index (χ0v) is 9.11. The number of pyridine rings is 1. The van der Waals surface area contributed by atoms with E-state index in [0.717, 1.165) is 0 Å². The average molecular weight is 243 g/mol. The van der Waals surface area contributed by atoms with Gasteiger partial charge in [0.15, 0.2) is 0 Å². The molecule has 1 aromatic rings. The molecule has 4 nitrogen and oxygen atoms in total. The smallest absolute Gasteiger partial charge is 0.337 e. The van der Waals surface area contributed by atoms with Crippen LogP contribution in [0.15, 0.2) is 12.3 Å². The number of ether oxygens (including phenoxy) is 1. The van der Waals surface area contributed by atoms with Gasteiger partial charge in [-0.25, -0.2) is 13.6 Å². The van der Waals surface area contributed by atoms with Crippen molar-refractivity contribution in [2.75, 3.05) is 0 Å². The second-order valence-electron chi connectivity index (χ2n) is 4.11. The SMILES string of the molecule is Cc1ncc(OC2CC(F)(F)C2)cc1C(=O)O. The predicted molar refractivity (Wildman–Crippen MR) is 54.5 cm³/mol. The third kappa shape index (κ3) is 2.51. The number of carboxylic acid groups (broad SMARTS) is 1. The topological polar surface area (TPSA) is 59.4 Å². The Kier molecular flexibility index (Phi) is 2.73. The number of hydrogen-bond donors (Lipinski definition) is 1. The highest BCUT2D eigenvalue weighted by molar-refractivity contribution is 5.89. The molecule has 1 aliphatic carbocycles. The molecular weight excluding hydrogens is 232 g/mol. The zero-order chi connectivity index (χ0) is 12.6. The standard InChI is InChI=1S/C11H11F2NO3/c1-6-9(10(15)16)2-7(5-14-6)17-8-3-11(12,13)4-8/h2,5,8H,3-4H2,1H3,(H,15,16). The number of aromatic nitrogens is 1. The maximum Gasteiger partial charge on any atom is 0.337 e. The van der Waals surface area contributed by atoms with Gasteiger partial charge in [-0.05, 0) is 13.0 Å². The van der Waals surface area contributed by atoms with Gasteiger partial charge in [0, 0.05) is 12.8 Å². The van der Waals surface area contributed by atoms with Gasteiger partial charge in [-0.15, -0.1) is 0 Å². The molecule has 0 spiro atoms. The summed E-state index contributed by atoms with van der Waals surface area (Å²) in [6.07, 6.45) is 0.126. The third-order valence-electron chi connectivity index (χ3n) is 2.65. The summed E-state index contributed by atoms with van der Waals surface area (Å²) in [6, 6.07) is 1.31. The normalized spacial score (nSPS) is 18.5. The summed E-state index contributed by atoms with van der Waals surface area (Å²) < 4.78 is 30.4. The van der Waals surface area contributed by atoms with Crippen molar-refractivity contribution in [3.63, 3.8) is 0 Å². The van der Waals surface area contributed by atoms with E-state index in [1.807, 2.05) is 0 Å². The van der Waals surface area contributed by atoms with E-state index in [2.05, 4.69) is 4.98 Å². The Morgan fingerprint density at radius 2 is 2.24 bits per heavy atom. The Morgan fingerprint density at radius 3 is 2.76 bits per heavy atom. The Balaban J connectivity index is 2.08. The summed E-state index contributed by atoms with van der Waals surface area (Å²) in [7, 11) is 0. The second kappa shape index (κ2) is 3.94. The van der Waals surface area contributed by atoms with Gasteiger partial charge in [-0.2, -0.15) is 0 Å². The number of rotatable bonds is 3. The van der Waals surface area contributed by atoms with Crippen LogP contribution in [0.5, 0.6) is 5.75 Å². The van der Waals surface area contributed by atoms with Gasteiger partial charge in [0.25, 0.3) is 5.92 Å². The van der Waals surface area contributed by atoms with Crippen molar-refractivity contribution < 1.29 is 23.4 Å². The molecule has 92 valence electrons. The van der Waals surface area contributed by atoms with Gasteiger partial charge in [-0.3, -0.25) is 4.98 Å². The number of carbonyl (C=O) groups is 1. The van der Waals surface area contributed by atoms with Crippen LogP contribution in [0.4, 0.5) is 8.78 Å². The van der Waals surface area contributed by atoms with E-state index in [-0.39, 0.29) is 24.2 Å². The quantitative estimate of drug-likeness (QED) is 0.884. The molecular formula is C11H11F2NO3. The molecule has 0 aromatic carbocycles. The zero-order valence-electron chi connectivity index (χ0n) is 9.11. The molecule has 0 saturated heterocycles. The van der Waals surface area contributed by atoms with Crippen LogP contribution < -0.4 is 4.74 Å². The molecule has 17 heavy (non-hydrogen) atoms. The highest BCUT2D eigenvalue weighted by Gasteiger charge is 2.47. The van der Waals surface area contributed by atoms with Gasteiger partial charge < -0.3 is 9.84 Å². The summed E-state index contributed by atoms with van der Waals surface area (Å²) in [5.74, 6) is -3.55. The van der Waals surface area contributed by atoms with Crippen LogP contribution in [0.3, 0.4) is 0 Å². The summed E-state index contributed by atoms with van der Waals surface area (Å²) in [5, 5.41) is 8.86. The molecule has 2 rings (SSSR count). The van der Waals surface area contributed by atoms with Crippen molar-refractivity contribution in [3.8, 4) is 5.75 Å². The Hall–Kier alpha value is -1.72. The molecule has 1 saturated carbocycles. The number of hydrogen-bond acceptors (Lipinski definition) is 3. The molecule has 1 aromatic heterocycles. The molecule has 0 atom stereocenters. The number of halogens is 2. The van der Waals surface area contributed by atoms with E-state index in [9.17, 15) is 13.6 Å². The molecule has 0 unspecified atom stereocenters. The van der Waals surface area contributed by atoms with E-state index < -0.39 is 18.0 Å². The Labute approximate surface area is 96.2 Å². The lowest BCUT2D eigenvalue weighted by molar-refractivity contribution is -0.134. The first-order valence-electron chi connectivity index (χ1n) is 5.12. The van der Waals surface area contributed by atoms with E-state index >= 15 is 0 Å². The highest BCUT2D eigenvalue weighted by Crippen LogP contribution is 2.39. The maximum absolute atomic E-state index is 12.6. The lowest BCUT2D eigenvalue weighted by Crippen LogP contribution is -2.43. The largest absolute Gasteiger partial charge is 0.488 e. The molecule has 6 heteroatoms. The minimum Gasteiger partial charge on any atom is -0.488 e. The molecule has 0 aliphatic heterocycles. The Bertz CT molecular complexity index is 454. The number of aromatic carboxylic acids is 1. The summed E-state index contributed by atoms with van der Waals surface area (Å²) in [5.41, 5.74) is 0.386. The lowest BCUT2D eigenvalue weighted by Gasteiger charge is -2.34. The summed E-state index contributed by atoms with van der Waals surface area (Å²) in [6.45, 7) is 1.56. The number of carboxylic acids is 1. The van der Waals surface area contributed by atoms with Crippen molar-refractivity contribution in [3.05, 3.63) is 23.5 Å². The van der Waals surface area contributed by atoms with Crippen LogP contribution >= 0.6 is 0 Å². The maximum atomic E-state index is 12.6. The van der Waals surface area contributed by atoms with E-state index in [4.69, 9.17) is 9.84 Å². The first kappa shape index (κ1) is 11.8. The molecule has 1 heterocycles. The number of alkyl halides is 2. The van der Waals surface area contributed by atoms with Crippen LogP contribution in [-0.2, 0) is 0 Å². The van der Waals surface area contributed by atoms with Crippen LogP contribution in [0.1, 0.15) is 28.9 Å². The molecule has 1 N–H and O–H groups in total. The van der Waals surface area contributed by atoms with Gasteiger partial charge in [0.05, 0.1) is 17.5 Å². The average Bonchev–Trinajstić information content (AvgIpc) is 2.17. The van der Waals surface area contributed by atoms with Crippen LogP contribution in [0.2, 0.25) is 0 Å². The second-order valence-corrected chi connectivity index (χ2v) is 4.11. The van der Waals surface area contributed by atoms with Crippen LogP contribution in [0, 0.1) is 6.92 Å². The first-order chi connectivity index (χ1) is 7.87. The molecule has 1 aliphatic rings. The molecule has 0 radical (unpaired) electrons. The van der Waals surface area contributed by atoms with Crippen molar-refractivity contribution in [1.82, 2.24) is 4.98 Å². The van der Waals surface area contributed by atoms with Crippen molar-refractivity contribution in [1.29, 1.82) is 0 Å². The van der Waals surface area contributed by atoms with Crippen LogP contribution in [-0.4, -0.2) is 28.1 Å². The monoisotopic (exact) mass is 243 g/mol. The van der Waals surface area contributed by atoms with Crippen molar-refractivity contribution in [2.24, 2.45) is 0 Å². The van der Waals surface area contributed by atoms with Crippen LogP contribution in [0.25, 0.3) is 0 Å². The minimum absolute atomic E-state index is 0.0218. The predicted octanol–water partition coefficient (Wildman–Crippen LogP) is 2.26. The van der Waals surface area contributed by atoms with Gasteiger partial charge >= 0.3 is 5.97 Å². The molecule has 0 amide bonds. The third-order valence-corrected chi connectivity index (χ3v) is 2.65. The fraction of sp³-hybridized carbons (Fsp3) is 0.455. The highest BCUT2D eigenvalue weighted by atomic mass is 19.3. The summed E-state index contributed by atoms with van der Waals surface area (Å²) >= 11 is 0. The fourth-order valence-electron chi connectivity index (χ4n) is 1.68. The molecule has 0 bridgehead atoms. The summed E-state index contributed by atoms with van der Waals surface area (Å²) in [4.78, 5) is 14.7. The van der Waals surface area contributed by atoms with E-state index in [0.29, 0.717) is 5.69 Å². The van der Waals surface area contributed by atoms with E-state index in [1.54, 1.807) is 6.92 Å². The first-order valence-corrected chi connectivity index (χ1v) is 5.12. The van der Waals surface area contributed by atoms with E-state index in [1.165, 1.54) is 12.3 Å². The van der Waals surface area contributed by atoms with Gasteiger partial charge in [-0.1, -0.05) is 0 Å². The molecule has 1 fully saturated rings. The van der Waals surface area contributed by atoms with Crippen molar-refractivity contribution in [2.45, 2.75) is 31.8 Å². The Morgan fingerprint density at radius 1 is 1.59 bits per heavy atom. The number of aryl methyl sites for hydroxylation is 1. The lowest BCUT2D eigenvalue weighted by atomic mass is 9.91.